The number of hydrogen-bond donors (Lipinski definition) is 2. The van der Waals surface area contributed by atoms with Gasteiger partial charge >= 0.3 is 0 Å². The predicted octanol–water partition coefficient (Wildman–Crippen LogP) is 0.459. The van der Waals surface area contributed by atoms with Crippen LogP contribution in [-0.4, -0.2) is 39.9 Å². The van der Waals surface area contributed by atoms with Gasteiger partial charge in [-0.1, -0.05) is 31.2 Å². The summed E-state index contributed by atoms with van der Waals surface area (Å²) in [6.45, 7) is 4.06. The highest BCUT2D eigenvalue weighted by Gasteiger charge is 2.20. The number of nitrogens with zero attached hydrogens (tertiary/aromatic N) is 3. The Morgan fingerprint density at radius 2 is 1.96 bits per heavy atom. The van der Waals surface area contributed by atoms with Crippen molar-refractivity contribution in [3.05, 3.63) is 34.6 Å². The molecule has 0 bridgehead atoms. The summed E-state index contributed by atoms with van der Waals surface area (Å²) >= 11 is 0. The van der Waals surface area contributed by atoms with Crippen LogP contribution in [0.1, 0.15) is 26.7 Å². The van der Waals surface area contributed by atoms with Crippen LogP contribution in [0, 0.1) is 5.92 Å². The normalized spacial score (nSPS) is 12.2. The van der Waals surface area contributed by atoms with Crippen LogP contribution in [0.2, 0.25) is 0 Å². The van der Waals surface area contributed by atoms with E-state index >= 15 is 0 Å². The van der Waals surface area contributed by atoms with Gasteiger partial charge in [-0.3, -0.25) is 14.4 Å². The molecule has 0 aliphatic rings. The molecule has 0 fully saturated rings. The molecule has 1 aromatic heterocycles. The minimum Gasteiger partial charge on any atom is -0.357 e. The summed E-state index contributed by atoms with van der Waals surface area (Å²) in [6, 6.07) is 6.33. The van der Waals surface area contributed by atoms with Crippen molar-refractivity contribution in [3.8, 4) is 0 Å². The minimum absolute atomic E-state index is 0.0402. The fraction of sp³-hybridized carbons (Fsp3) is 0.471. The van der Waals surface area contributed by atoms with Crippen LogP contribution >= 0.6 is 0 Å². The van der Waals surface area contributed by atoms with E-state index in [1.54, 1.807) is 24.3 Å². The molecule has 25 heavy (non-hydrogen) atoms. The average molecular weight is 345 g/mol. The van der Waals surface area contributed by atoms with Gasteiger partial charge < -0.3 is 10.6 Å². The average Bonchev–Trinajstić information content (AvgIpc) is 2.59. The minimum atomic E-state index is -0.586. The summed E-state index contributed by atoms with van der Waals surface area (Å²) in [7, 11) is 1.53. The van der Waals surface area contributed by atoms with Gasteiger partial charge in [0.25, 0.3) is 5.56 Å². The van der Waals surface area contributed by atoms with E-state index in [2.05, 4.69) is 20.9 Å². The van der Waals surface area contributed by atoms with Crippen molar-refractivity contribution in [2.24, 2.45) is 5.92 Å². The molecule has 0 saturated carbocycles. The first-order valence-electron chi connectivity index (χ1n) is 8.26. The lowest BCUT2D eigenvalue weighted by Gasteiger charge is -2.19. The zero-order valence-electron chi connectivity index (χ0n) is 14.7. The molecule has 8 heteroatoms. The Morgan fingerprint density at radius 1 is 1.24 bits per heavy atom. The lowest BCUT2D eigenvalue weighted by atomic mass is 10.0. The third-order valence-corrected chi connectivity index (χ3v) is 3.79. The van der Waals surface area contributed by atoms with Crippen LogP contribution in [0.3, 0.4) is 0 Å². The van der Waals surface area contributed by atoms with Gasteiger partial charge in [0.2, 0.25) is 11.8 Å². The number of rotatable bonds is 7. The van der Waals surface area contributed by atoms with Gasteiger partial charge in [0.1, 0.15) is 11.6 Å². The fourth-order valence-corrected chi connectivity index (χ4v) is 2.52. The summed E-state index contributed by atoms with van der Waals surface area (Å²) in [5, 5.41) is 13.5. The van der Waals surface area contributed by atoms with E-state index in [0.717, 1.165) is 0 Å². The molecule has 1 heterocycles. The predicted molar refractivity (Wildman–Crippen MR) is 93.9 cm³/mol. The molecule has 0 saturated heterocycles. The van der Waals surface area contributed by atoms with Crippen molar-refractivity contribution in [3.63, 3.8) is 0 Å². The molecular weight excluding hydrogens is 322 g/mol. The zero-order valence-corrected chi connectivity index (χ0v) is 14.7. The molecule has 1 aromatic carbocycles. The second-order valence-corrected chi connectivity index (χ2v) is 6.25. The number of aromatic nitrogens is 3. The van der Waals surface area contributed by atoms with Gasteiger partial charge in [0, 0.05) is 13.5 Å². The molecule has 134 valence electrons. The molecule has 2 N–H and O–H groups in total. The Hall–Kier alpha value is -2.77. The maximum atomic E-state index is 12.3. The Labute approximate surface area is 145 Å². The molecule has 2 rings (SSSR count). The molecule has 2 aromatic rings. The van der Waals surface area contributed by atoms with Crippen molar-refractivity contribution in [1.82, 2.24) is 25.6 Å². The number of benzene rings is 1. The number of hydrogen-bond acceptors (Lipinski definition) is 5. The van der Waals surface area contributed by atoms with Crippen molar-refractivity contribution >= 4 is 22.7 Å². The van der Waals surface area contributed by atoms with Crippen molar-refractivity contribution < 1.29 is 9.59 Å². The summed E-state index contributed by atoms with van der Waals surface area (Å²) in [4.78, 5) is 36.3. The Kier molecular flexibility index (Phi) is 6.21. The van der Waals surface area contributed by atoms with E-state index < -0.39 is 6.04 Å². The Balaban J connectivity index is 2.03. The second-order valence-electron chi connectivity index (χ2n) is 6.25. The highest BCUT2D eigenvalue weighted by atomic mass is 16.2. The van der Waals surface area contributed by atoms with Crippen molar-refractivity contribution in [1.29, 1.82) is 0 Å². The lowest BCUT2D eigenvalue weighted by Crippen LogP contribution is -2.46. The molecule has 0 aliphatic carbocycles. The van der Waals surface area contributed by atoms with Crippen LogP contribution in [0.5, 0.6) is 0 Å². The van der Waals surface area contributed by atoms with Gasteiger partial charge in [-0.25, -0.2) is 4.68 Å². The van der Waals surface area contributed by atoms with Gasteiger partial charge in [0.15, 0.2) is 0 Å². The number of aryl methyl sites for hydroxylation is 1. The maximum absolute atomic E-state index is 12.3. The van der Waals surface area contributed by atoms with Gasteiger partial charge in [-0.05, 0) is 24.5 Å². The summed E-state index contributed by atoms with van der Waals surface area (Å²) in [5.41, 5.74) is 0.230. The summed E-state index contributed by atoms with van der Waals surface area (Å²) < 4.78 is 1.17. The second kappa shape index (κ2) is 8.36. The van der Waals surface area contributed by atoms with E-state index in [1.165, 1.54) is 11.7 Å². The zero-order chi connectivity index (χ0) is 18.4. The van der Waals surface area contributed by atoms with Crippen LogP contribution in [0.15, 0.2) is 29.1 Å². The first kappa shape index (κ1) is 18.6. The van der Waals surface area contributed by atoms with Crippen LogP contribution in [0.4, 0.5) is 0 Å². The lowest BCUT2D eigenvalue weighted by molar-refractivity contribution is -0.129. The third-order valence-electron chi connectivity index (χ3n) is 3.79. The molecule has 1 atom stereocenters. The van der Waals surface area contributed by atoms with Crippen LogP contribution < -0.4 is 16.2 Å². The number of carbonyl (C=O) groups is 2. The molecule has 8 nitrogen and oxygen atoms in total. The third kappa shape index (κ3) is 4.85. The first-order chi connectivity index (χ1) is 11.9. The number of carbonyl (C=O) groups excluding carboxylic acids is 2. The molecule has 0 aliphatic heterocycles. The van der Waals surface area contributed by atoms with Gasteiger partial charge in [-0.2, -0.15) is 0 Å². The van der Waals surface area contributed by atoms with E-state index in [-0.39, 0.29) is 36.3 Å². The quantitative estimate of drug-likeness (QED) is 0.758. The number of amides is 2. The van der Waals surface area contributed by atoms with E-state index in [4.69, 9.17) is 0 Å². The van der Waals surface area contributed by atoms with Crippen LogP contribution in [-0.2, 0) is 16.1 Å². The standard InChI is InChI=1S/C17H23N5O3/c1-11(2)10-14(16(24)18-3)19-15(23)8-9-22-17(25)12-6-4-5-7-13(12)20-21-22/h4-7,11,14H,8-10H2,1-3H3,(H,18,24)(H,19,23)/t14-/m1/s1. The molecule has 2 amide bonds. The molecular formula is C17H23N5O3. The van der Waals surface area contributed by atoms with Gasteiger partial charge in [-0.15, -0.1) is 5.10 Å². The van der Waals surface area contributed by atoms with E-state index in [0.29, 0.717) is 17.3 Å². The fourth-order valence-electron chi connectivity index (χ4n) is 2.52. The van der Waals surface area contributed by atoms with E-state index in [9.17, 15) is 14.4 Å². The first-order valence-corrected chi connectivity index (χ1v) is 8.26. The Morgan fingerprint density at radius 3 is 2.64 bits per heavy atom. The highest BCUT2D eigenvalue weighted by molar-refractivity contribution is 5.87. The van der Waals surface area contributed by atoms with E-state index in [1.807, 2.05) is 13.8 Å². The number of likely N-dealkylation sites (N-methyl/N-ethyl adjacent to an activating group) is 1. The molecule has 0 spiro atoms. The smallest absolute Gasteiger partial charge is 0.277 e. The topological polar surface area (TPSA) is 106 Å². The highest BCUT2D eigenvalue weighted by Crippen LogP contribution is 2.06. The van der Waals surface area contributed by atoms with Crippen molar-refractivity contribution in [2.45, 2.75) is 39.3 Å². The largest absolute Gasteiger partial charge is 0.357 e. The number of nitrogens with one attached hydrogen (secondary N) is 2. The Bertz CT molecular complexity index is 815. The molecule has 0 unspecified atom stereocenters. The SMILES string of the molecule is CNC(=O)[C@@H](CC(C)C)NC(=O)CCn1nnc2ccccc2c1=O. The van der Waals surface area contributed by atoms with Crippen molar-refractivity contribution in [2.75, 3.05) is 7.05 Å². The number of fused-ring (bicyclic) bond motifs is 1. The van der Waals surface area contributed by atoms with Gasteiger partial charge in [0.05, 0.1) is 11.9 Å². The summed E-state index contributed by atoms with van der Waals surface area (Å²) in [6.07, 6.45) is 0.583. The molecule has 0 radical (unpaired) electrons. The van der Waals surface area contributed by atoms with Crippen LogP contribution in [0.25, 0.3) is 10.9 Å². The monoisotopic (exact) mass is 345 g/mol. The maximum Gasteiger partial charge on any atom is 0.277 e. The summed E-state index contributed by atoms with van der Waals surface area (Å²) in [5.74, 6) is -0.280.